The van der Waals surface area contributed by atoms with Crippen LogP contribution in [0.3, 0.4) is 0 Å². The number of amides is 1. The molecule has 1 N–H and O–H groups in total. The summed E-state index contributed by atoms with van der Waals surface area (Å²) in [6.07, 6.45) is -0.654. The molecule has 0 saturated heterocycles. The van der Waals surface area contributed by atoms with Crippen LogP contribution < -0.4 is 10.1 Å². The Morgan fingerprint density at radius 1 is 1.24 bits per heavy atom. The van der Waals surface area contributed by atoms with Crippen LogP contribution in [0.15, 0.2) is 48.0 Å². The zero-order valence-corrected chi connectivity index (χ0v) is 11.6. The lowest BCUT2D eigenvalue weighted by atomic mass is 10.2. The predicted octanol–water partition coefficient (Wildman–Crippen LogP) is 3.78. The molecule has 0 aliphatic heterocycles. The maximum atomic E-state index is 11.9. The summed E-state index contributed by atoms with van der Waals surface area (Å²) in [7, 11) is 0. The number of nitrogens with zero attached hydrogens (tertiary/aromatic N) is 2. The van der Waals surface area contributed by atoms with Gasteiger partial charge in [-0.2, -0.15) is 5.26 Å². The first kappa shape index (κ1) is 13.1. The van der Waals surface area contributed by atoms with E-state index in [1.165, 1.54) is 11.3 Å². The van der Waals surface area contributed by atoms with Gasteiger partial charge in [-0.05, 0) is 24.3 Å². The number of fused-ring (bicyclic) bond motifs is 1. The molecule has 0 fully saturated rings. The van der Waals surface area contributed by atoms with Crippen molar-refractivity contribution in [2.24, 2.45) is 0 Å². The molecule has 2 aromatic carbocycles. The summed E-state index contributed by atoms with van der Waals surface area (Å²) in [5.41, 5.74) is 3.13. The third-order valence-electron chi connectivity index (χ3n) is 2.81. The van der Waals surface area contributed by atoms with Crippen LogP contribution in [0.4, 0.5) is 10.5 Å². The van der Waals surface area contributed by atoms with E-state index in [0.717, 1.165) is 4.70 Å². The predicted molar refractivity (Wildman–Crippen MR) is 80.4 cm³/mol. The van der Waals surface area contributed by atoms with Crippen LogP contribution in [0.1, 0.15) is 5.56 Å². The smallest absolute Gasteiger partial charge is 0.408 e. The fourth-order valence-corrected chi connectivity index (χ4v) is 2.56. The number of carbonyl (C=O) groups is 1. The molecule has 3 rings (SSSR count). The van der Waals surface area contributed by atoms with Crippen molar-refractivity contribution in [3.8, 4) is 11.8 Å². The first-order valence-corrected chi connectivity index (χ1v) is 6.96. The second kappa shape index (κ2) is 5.61. The monoisotopic (exact) mass is 295 g/mol. The van der Waals surface area contributed by atoms with Gasteiger partial charge in [-0.25, -0.2) is 9.78 Å². The normalized spacial score (nSPS) is 10.0. The fourth-order valence-electron chi connectivity index (χ4n) is 1.87. The van der Waals surface area contributed by atoms with Crippen LogP contribution in [-0.4, -0.2) is 11.1 Å². The van der Waals surface area contributed by atoms with E-state index in [1.54, 1.807) is 41.9 Å². The Kier molecular flexibility index (Phi) is 3.50. The molecule has 0 spiro atoms. The molecule has 1 amide bonds. The average Bonchev–Trinajstić information content (AvgIpc) is 2.97. The van der Waals surface area contributed by atoms with Gasteiger partial charge in [-0.15, -0.1) is 11.3 Å². The number of anilines is 1. The van der Waals surface area contributed by atoms with E-state index in [4.69, 9.17) is 10.00 Å². The van der Waals surface area contributed by atoms with E-state index in [2.05, 4.69) is 10.3 Å². The van der Waals surface area contributed by atoms with Crippen molar-refractivity contribution in [3.63, 3.8) is 0 Å². The summed E-state index contributed by atoms with van der Waals surface area (Å²) in [5.74, 6) is 0.390. The molecule has 102 valence electrons. The molecule has 0 unspecified atom stereocenters. The molecule has 0 aliphatic rings. The fraction of sp³-hybridized carbons (Fsp3) is 0. The molecule has 0 bridgehead atoms. The number of ether oxygens (including phenoxy) is 1. The minimum atomic E-state index is -0.654. The van der Waals surface area contributed by atoms with E-state index in [1.807, 2.05) is 12.1 Å². The van der Waals surface area contributed by atoms with E-state index in [-0.39, 0.29) is 0 Å². The number of nitriles is 1. The minimum absolute atomic E-state index is 0.376. The molecule has 0 aliphatic carbocycles. The lowest BCUT2D eigenvalue weighted by Crippen LogP contribution is -2.17. The quantitative estimate of drug-likeness (QED) is 0.780. The van der Waals surface area contributed by atoms with E-state index in [9.17, 15) is 4.79 Å². The number of rotatable bonds is 2. The number of thiazole rings is 1. The highest BCUT2D eigenvalue weighted by Crippen LogP contribution is 2.27. The van der Waals surface area contributed by atoms with Crippen molar-refractivity contribution < 1.29 is 9.53 Å². The standard InChI is InChI=1S/C15H9N3O2S/c16-8-10-4-1-2-5-11(10)18-15(19)20-12-6-3-7-13-14(12)17-9-21-13/h1-7,9H,(H,18,19). The molecule has 21 heavy (non-hydrogen) atoms. The van der Waals surface area contributed by atoms with E-state index in [0.29, 0.717) is 22.5 Å². The number of hydrogen-bond acceptors (Lipinski definition) is 5. The number of benzene rings is 2. The minimum Gasteiger partial charge on any atom is -0.408 e. The third-order valence-corrected chi connectivity index (χ3v) is 3.60. The van der Waals surface area contributed by atoms with Gasteiger partial charge >= 0.3 is 6.09 Å². The summed E-state index contributed by atoms with van der Waals surface area (Å²) in [6.45, 7) is 0. The van der Waals surface area contributed by atoms with Gasteiger partial charge < -0.3 is 4.74 Å². The first-order chi connectivity index (χ1) is 10.3. The SMILES string of the molecule is N#Cc1ccccc1NC(=O)Oc1cccc2scnc12. The second-order valence-corrected chi connectivity index (χ2v) is 5.01. The lowest BCUT2D eigenvalue weighted by Gasteiger charge is -2.08. The molecule has 1 aromatic heterocycles. The van der Waals surface area contributed by atoms with Crippen molar-refractivity contribution in [1.82, 2.24) is 4.98 Å². The number of nitrogens with one attached hydrogen (secondary N) is 1. The third kappa shape index (κ3) is 2.68. The van der Waals surface area contributed by atoms with Crippen molar-refractivity contribution in [2.45, 2.75) is 0 Å². The molecule has 6 heteroatoms. The Morgan fingerprint density at radius 2 is 2.10 bits per heavy atom. The molecule has 0 atom stereocenters. The summed E-state index contributed by atoms with van der Waals surface area (Å²) in [5, 5.41) is 11.5. The zero-order valence-electron chi connectivity index (χ0n) is 10.7. The van der Waals surface area contributed by atoms with Gasteiger partial charge in [0.25, 0.3) is 0 Å². The van der Waals surface area contributed by atoms with Gasteiger partial charge in [0.1, 0.15) is 11.6 Å². The second-order valence-electron chi connectivity index (χ2n) is 4.13. The Labute approximate surface area is 124 Å². The molecule has 5 nitrogen and oxygen atoms in total. The lowest BCUT2D eigenvalue weighted by molar-refractivity contribution is 0.215. The number of carbonyl (C=O) groups excluding carboxylic acids is 1. The average molecular weight is 295 g/mol. The molecule has 1 heterocycles. The van der Waals surface area contributed by atoms with E-state index >= 15 is 0 Å². The number of hydrogen-bond donors (Lipinski definition) is 1. The maximum Gasteiger partial charge on any atom is 0.417 e. The van der Waals surface area contributed by atoms with Crippen molar-refractivity contribution in [1.29, 1.82) is 5.26 Å². The topological polar surface area (TPSA) is 75.0 Å². The van der Waals surface area contributed by atoms with Crippen LogP contribution in [0.2, 0.25) is 0 Å². The van der Waals surface area contributed by atoms with Crippen molar-refractivity contribution in [2.75, 3.05) is 5.32 Å². The largest absolute Gasteiger partial charge is 0.417 e. The van der Waals surface area contributed by atoms with Crippen LogP contribution in [0.25, 0.3) is 10.2 Å². The van der Waals surface area contributed by atoms with Gasteiger partial charge in [0, 0.05) is 0 Å². The summed E-state index contributed by atoms with van der Waals surface area (Å²) < 4.78 is 6.22. The van der Waals surface area contributed by atoms with Crippen LogP contribution >= 0.6 is 11.3 Å². The van der Waals surface area contributed by atoms with Gasteiger partial charge in [0.2, 0.25) is 0 Å². The number of para-hydroxylation sites is 2. The van der Waals surface area contributed by atoms with Gasteiger partial charge in [0.05, 0.1) is 21.5 Å². The van der Waals surface area contributed by atoms with Gasteiger partial charge in [-0.3, -0.25) is 5.32 Å². The Bertz CT molecular complexity index is 851. The Morgan fingerprint density at radius 3 is 2.95 bits per heavy atom. The van der Waals surface area contributed by atoms with Gasteiger partial charge in [0.15, 0.2) is 5.75 Å². The van der Waals surface area contributed by atoms with Gasteiger partial charge in [-0.1, -0.05) is 18.2 Å². The first-order valence-electron chi connectivity index (χ1n) is 6.08. The summed E-state index contributed by atoms with van der Waals surface area (Å²) >= 11 is 1.47. The maximum absolute atomic E-state index is 11.9. The van der Waals surface area contributed by atoms with Crippen LogP contribution in [0.5, 0.6) is 5.75 Å². The zero-order chi connectivity index (χ0) is 14.7. The molecular weight excluding hydrogens is 286 g/mol. The van der Waals surface area contributed by atoms with Crippen molar-refractivity contribution in [3.05, 3.63) is 53.5 Å². The highest BCUT2D eigenvalue weighted by atomic mass is 32.1. The molecule has 0 saturated carbocycles. The number of aromatic nitrogens is 1. The summed E-state index contributed by atoms with van der Waals surface area (Å²) in [6, 6.07) is 14.1. The van der Waals surface area contributed by atoms with Crippen molar-refractivity contribution >= 4 is 33.3 Å². The van der Waals surface area contributed by atoms with E-state index < -0.39 is 6.09 Å². The Balaban J connectivity index is 1.81. The highest BCUT2D eigenvalue weighted by molar-refractivity contribution is 7.16. The molecule has 3 aromatic rings. The summed E-state index contributed by atoms with van der Waals surface area (Å²) in [4.78, 5) is 16.1. The highest BCUT2D eigenvalue weighted by Gasteiger charge is 2.11. The van der Waals surface area contributed by atoms with Crippen LogP contribution in [0, 0.1) is 11.3 Å². The molecule has 0 radical (unpaired) electrons. The van der Waals surface area contributed by atoms with Crippen LogP contribution in [-0.2, 0) is 0 Å². The molecular formula is C15H9N3O2S. The Hall–Kier alpha value is -2.91.